The first-order valence-corrected chi connectivity index (χ1v) is 3.52. The van der Waals surface area contributed by atoms with Crippen molar-refractivity contribution in [2.75, 3.05) is 0 Å². The summed E-state index contributed by atoms with van der Waals surface area (Å²) in [5.41, 5.74) is 3.27. The molecule has 2 aromatic heterocycles. The van der Waals surface area contributed by atoms with Crippen molar-refractivity contribution < 1.29 is 0 Å². The molecular weight excluding hydrogens is 138 g/mol. The highest BCUT2D eigenvalue weighted by Crippen LogP contribution is 2.17. The minimum Gasteiger partial charge on any atom is -0.360 e. The van der Waals surface area contributed by atoms with E-state index in [0.717, 1.165) is 11.4 Å². The molecule has 56 valence electrons. The lowest BCUT2D eigenvalue weighted by atomic mass is 10.2. The summed E-state index contributed by atoms with van der Waals surface area (Å²) in [5.74, 6) is 0. The highest BCUT2D eigenvalue weighted by molar-refractivity contribution is 5.57. The number of hydrogen-bond acceptors (Lipinski definition) is 1. The number of hydrogen-bond donors (Lipinski definition) is 2. The third-order valence-electron chi connectivity index (χ3n) is 1.71. The van der Waals surface area contributed by atoms with Crippen LogP contribution >= 0.6 is 0 Å². The van der Waals surface area contributed by atoms with Crippen LogP contribution < -0.4 is 0 Å². The van der Waals surface area contributed by atoms with Crippen LogP contribution in [0, 0.1) is 6.92 Å². The summed E-state index contributed by atoms with van der Waals surface area (Å²) in [6, 6.07) is 3.98. The predicted octanol–water partition coefficient (Wildman–Crippen LogP) is 1.71. The quantitative estimate of drug-likeness (QED) is 0.633. The maximum atomic E-state index is 4.06. The average Bonchev–Trinajstić information content (AvgIpc) is 2.55. The van der Waals surface area contributed by atoms with E-state index in [4.69, 9.17) is 0 Å². The van der Waals surface area contributed by atoms with Gasteiger partial charge in [0.2, 0.25) is 0 Å². The van der Waals surface area contributed by atoms with Crippen molar-refractivity contribution in [1.29, 1.82) is 0 Å². The van der Waals surface area contributed by atoms with E-state index in [9.17, 15) is 0 Å². The Morgan fingerprint density at radius 1 is 1.27 bits per heavy atom. The van der Waals surface area contributed by atoms with Gasteiger partial charge < -0.3 is 4.98 Å². The zero-order valence-corrected chi connectivity index (χ0v) is 6.26. The number of nitrogens with one attached hydrogen (secondary N) is 2. The number of aromatic amines is 2. The fourth-order valence-corrected chi connectivity index (χ4v) is 1.12. The molecular formula is C8H9N3. The van der Waals surface area contributed by atoms with Gasteiger partial charge >= 0.3 is 0 Å². The summed E-state index contributed by atoms with van der Waals surface area (Å²) >= 11 is 0. The average molecular weight is 147 g/mol. The first kappa shape index (κ1) is 6.22. The van der Waals surface area contributed by atoms with Crippen molar-refractivity contribution in [2.24, 2.45) is 0 Å². The van der Waals surface area contributed by atoms with Gasteiger partial charge in [0.25, 0.3) is 0 Å². The Labute approximate surface area is 64.5 Å². The molecule has 11 heavy (non-hydrogen) atoms. The molecule has 0 unspecified atom stereocenters. The van der Waals surface area contributed by atoms with Gasteiger partial charge in [-0.2, -0.15) is 5.10 Å². The zero-order chi connectivity index (χ0) is 7.68. The normalized spacial score (nSPS) is 10.3. The summed E-state index contributed by atoms with van der Waals surface area (Å²) in [6.07, 6.45) is 3.73. The van der Waals surface area contributed by atoms with E-state index in [-0.39, 0.29) is 0 Å². The lowest BCUT2D eigenvalue weighted by molar-refractivity contribution is 1.09. The smallest absolute Gasteiger partial charge is 0.108 e. The van der Waals surface area contributed by atoms with Gasteiger partial charge in [0.1, 0.15) is 5.69 Å². The molecule has 0 saturated heterocycles. The van der Waals surface area contributed by atoms with E-state index >= 15 is 0 Å². The predicted molar refractivity (Wildman–Crippen MR) is 43.1 cm³/mol. The van der Waals surface area contributed by atoms with Crippen LogP contribution in [0.25, 0.3) is 11.4 Å². The van der Waals surface area contributed by atoms with Gasteiger partial charge in [0.15, 0.2) is 0 Å². The van der Waals surface area contributed by atoms with Crippen LogP contribution in [0.15, 0.2) is 24.5 Å². The third-order valence-corrected chi connectivity index (χ3v) is 1.71. The summed E-state index contributed by atoms with van der Waals surface area (Å²) in [4.78, 5) is 3.13. The SMILES string of the molecule is Cc1cc[nH]c1-c1cc[nH]n1. The fraction of sp³-hybridized carbons (Fsp3) is 0.125. The van der Waals surface area contributed by atoms with Crippen molar-refractivity contribution in [3.05, 3.63) is 30.1 Å². The summed E-state index contributed by atoms with van der Waals surface area (Å²) < 4.78 is 0. The van der Waals surface area contributed by atoms with Crippen molar-refractivity contribution in [3.8, 4) is 11.4 Å². The second-order valence-electron chi connectivity index (χ2n) is 2.50. The first-order chi connectivity index (χ1) is 5.38. The Kier molecular flexibility index (Phi) is 1.28. The molecule has 3 heteroatoms. The van der Waals surface area contributed by atoms with Crippen molar-refractivity contribution in [1.82, 2.24) is 15.2 Å². The van der Waals surface area contributed by atoms with Crippen molar-refractivity contribution in [2.45, 2.75) is 6.92 Å². The van der Waals surface area contributed by atoms with Crippen LogP contribution in [0.5, 0.6) is 0 Å². The van der Waals surface area contributed by atoms with Crippen LogP contribution in [0.4, 0.5) is 0 Å². The van der Waals surface area contributed by atoms with Gasteiger partial charge in [0.05, 0.1) is 5.69 Å². The molecule has 0 radical (unpaired) electrons. The molecule has 0 aliphatic rings. The third kappa shape index (κ3) is 0.941. The van der Waals surface area contributed by atoms with Crippen LogP contribution in [0.1, 0.15) is 5.56 Å². The molecule has 0 saturated carbocycles. The molecule has 2 rings (SSSR count). The maximum Gasteiger partial charge on any atom is 0.108 e. The highest BCUT2D eigenvalue weighted by Gasteiger charge is 2.02. The van der Waals surface area contributed by atoms with Crippen molar-refractivity contribution in [3.63, 3.8) is 0 Å². The van der Waals surface area contributed by atoms with Crippen molar-refractivity contribution >= 4 is 0 Å². The van der Waals surface area contributed by atoms with Crippen LogP contribution in [-0.2, 0) is 0 Å². The molecule has 0 aliphatic carbocycles. The van der Waals surface area contributed by atoms with Crippen LogP contribution in [0.2, 0.25) is 0 Å². The number of nitrogens with zero attached hydrogens (tertiary/aromatic N) is 1. The number of rotatable bonds is 1. The minimum atomic E-state index is 0.965. The van der Waals surface area contributed by atoms with E-state index in [0.29, 0.717) is 0 Å². The standard InChI is InChI=1S/C8H9N3/c1-6-2-4-9-8(6)7-3-5-10-11-7/h2-5,9H,1H3,(H,10,11). The monoisotopic (exact) mass is 147 g/mol. The molecule has 0 bridgehead atoms. The number of H-pyrrole nitrogens is 2. The summed E-state index contributed by atoms with van der Waals surface area (Å²) in [7, 11) is 0. The minimum absolute atomic E-state index is 0.965. The van der Waals surface area contributed by atoms with Gasteiger partial charge in [0, 0.05) is 12.4 Å². The molecule has 0 amide bonds. The van der Waals surface area contributed by atoms with Gasteiger partial charge in [-0.15, -0.1) is 0 Å². The lowest BCUT2D eigenvalue weighted by Gasteiger charge is -1.91. The molecule has 2 heterocycles. The largest absolute Gasteiger partial charge is 0.360 e. The molecule has 0 spiro atoms. The Morgan fingerprint density at radius 2 is 2.18 bits per heavy atom. The second-order valence-corrected chi connectivity index (χ2v) is 2.50. The Balaban J connectivity index is 2.53. The van der Waals surface area contributed by atoms with E-state index in [1.165, 1.54) is 5.56 Å². The number of aromatic nitrogens is 3. The van der Waals surface area contributed by atoms with E-state index in [2.05, 4.69) is 22.1 Å². The Morgan fingerprint density at radius 3 is 2.73 bits per heavy atom. The Bertz CT molecular complexity index is 332. The fourth-order valence-electron chi connectivity index (χ4n) is 1.12. The molecule has 0 fully saturated rings. The van der Waals surface area contributed by atoms with Crippen LogP contribution in [-0.4, -0.2) is 15.2 Å². The van der Waals surface area contributed by atoms with E-state index in [1.54, 1.807) is 0 Å². The molecule has 0 aromatic carbocycles. The summed E-state index contributed by atoms with van der Waals surface area (Å²) in [5, 5.41) is 6.84. The van der Waals surface area contributed by atoms with Gasteiger partial charge in [-0.05, 0) is 24.6 Å². The molecule has 0 aliphatic heterocycles. The van der Waals surface area contributed by atoms with Crippen LogP contribution in [0.3, 0.4) is 0 Å². The second kappa shape index (κ2) is 2.27. The Hall–Kier alpha value is -1.51. The summed E-state index contributed by atoms with van der Waals surface area (Å²) in [6.45, 7) is 2.06. The highest BCUT2D eigenvalue weighted by atomic mass is 15.1. The topological polar surface area (TPSA) is 44.5 Å². The molecule has 0 atom stereocenters. The molecule has 2 N–H and O–H groups in total. The lowest BCUT2D eigenvalue weighted by Crippen LogP contribution is -1.79. The van der Waals surface area contributed by atoms with Gasteiger partial charge in [-0.1, -0.05) is 0 Å². The molecule has 2 aromatic rings. The maximum absolute atomic E-state index is 4.06. The molecule has 3 nitrogen and oxygen atoms in total. The first-order valence-electron chi connectivity index (χ1n) is 3.52. The van der Waals surface area contributed by atoms with E-state index < -0.39 is 0 Å². The zero-order valence-electron chi connectivity index (χ0n) is 6.26. The number of aryl methyl sites for hydroxylation is 1. The van der Waals surface area contributed by atoms with E-state index in [1.807, 2.05) is 24.5 Å². The van der Waals surface area contributed by atoms with Gasteiger partial charge in [-0.25, -0.2) is 0 Å². The van der Waals surface area contributed by atoms with Gasteiger partial charge in [-0.3, -0.25) is 5.10 Å².